The summed E-state index contributed by atoms with van der Waals surface area (Å²) in [6.45, 7) is 10.8. The summed E-state index contributed by atoms with van der Waals surface area (Å²) in [6.07, 6.45) is 1.68. The second kappa shape index (κ2) is 13.3. The number of fused-ring (bicyclic) bond motifs is 1. The van der Waals surface area contributed by atoms with Gasteiger partial charge in [0.05, 0.1) is 0 Å². The number of alkyl carbamates (subject to hydrolysis) is 1. The van der Waals surface area contributed by atoms with Gasteiger partial charge in [0.2, 0.25) is 5.91 Å². The maximum absolute atomic E-state index is 14.0. The number of amides is 3. The molecule has 8 nitrogen and oxygen atoms in total. The normalized spacial score (nSPS) is 12.8. The van der Waals surface area contributed by atoms with Crippen LogP contribution in [0.5, 0.6) is 5.75 Å². The van der Waals surface area contributed by atoms with E-state index in [-0.39, 0.29) is 12.3 Å². The average molecular weight is 548 g/mol. The molecule has 3 aromatic rings. The fourth-order valence-electron chi connectivity index (χ4n) is 4.52. The minimum atomic E-state index is -1.14. The summed E-state index contributed by atoms with van der Waals surface area (Å²) >= 11 is 0. The van der Waals surface area contributed by atoms with Gasteiger partial charge in [-0.05, 0) is 69.5 Å². The number of carbonyl (C=O) groups excluding carboxylic acids is 3. The molecule has 3 rings (SSSR count). The van der Waals surface area contributed by atoms with Gasteiger partial charge < -0.3 is 25.4 Å². The minimum Gasteiger partial charge on any atom is -0.507 e. The molecule has 0 heterocycles. The van der Waals surface area contributed by atoms with Gasteiger partial charge >= 0.3 is 6.09 Å². The van der Waals surface area contributed by atoms with E-state index in [1.165, 1.54) is 4.90 Å². The summed E-state index contributed by atoms with van der Waals surface area (Å²) in [6, 6.07) is 16.4. The number of nitrogens with zero attached hydrogens (tertiary/aromatic N) is 1. The van der Waals surface area contributed by atoms with Crippen LogP contribution in [0.2, 0.25) is 0 Å². The molecule has 214 valence electrons. The van der Waals surface area contributed by atoms with E-state index >= 15 is 0 Å². The Hall–Kier alpha value is -4.07. The van der Waals surface area contributed by atoms with E-state index in [2.05, 4.69) is 17.6 Å². The minimum absolute atomic E-state index is 0.0535. The highest BCUT2D eigenvalue weighted by Gasteiger charge is 2.36. The summed E-state index contributed by atoms with van der Waals surface area (Å²) < 4.78 is 5.34. The predicted octanol–water partition coefficient (Wildman–Crippen LogP) is 6.47. The third kappa shape index (κ3) is 7.97. The molecule has 8 heteroatoms. The SMILES string of the molecule is CCCCCN(C(=O)C(C)NC(=O)OC(C)(C)C)C(C(=O)Nc1ccc2ccccc2c1)c1cccc(C)c1O. The van der Waals surface area contributed by atoms with Crippen LogP contribution in [0.1, 0.15) is 71.0 Å². The lowest BCUT2D eigenvalue weighted by atomic mass is 9.98. The topological polar surface area (TPSA) is 108 Å². The molecule has 0 saturated heterocycles. The molecular weight excluding hydrogens is 506 g/mol. The summed E-state index contributed by atoms with van der Waals surface area (Å²) in [4.78, 5) is 41.8. The molecule has 0 saturated carbocycles. The Morgan fingerprint density at radius 3 is 2.35 bits per heavy atom. The highest BCUT2D eigenvalue weighted by Crippen LogP contribution is 2.33. The van der Waals surface area contributed by atoms with Crippen molar-refractivity contribution in [3.05, 3.63) is 71.8 Å². The first-order valence-corrected chi connectivity index (χ1v) is 13.8. The molecular formula is C32H41N3O5. The molecule has 3 aromatic carbocycles. The van der Waals surface area contributed by atoms with Gasteiger partial charge in [-0.2, -0.15) is 0 Å². The van der Waals surface area contributed by atoms with E-state index in [0.29, 0.717) is 23.2 Å². The molecule has 0 bridgehead atoms. The van der Waals surface area contributed by atoms with Crippen LogP contribution < -0.4 is 10.6 Å². The second-order valence-corrected chi connectivity index (χ2v) is 11.1. The van der Waals surface area contributed by atoms with E-state index in [4.69, 9.17) is 4.74 Å². The number of carbonyl (C=O) groups is 3. The van der Waals surface area contributed by atoms with Gasteiger partial charge in [0.1, 0.15) is 23.4 Å². The Labute approximate surface area is 236 Å². The van der Waals surface area contributed by atoms with Crippen LogP contribution >= 0.6 is 0 Å². The van der Waals surface area contributed by atoms with Crippen LogP contribution in [0.3, 0.4) is 0 Å². The van der Waals surface area contributed by atoms with Crippen molar-refractivity contribution in [3.8, 4) is 5.75 Å². The molecule has 3 N–H and O–H groups in total. The van der Waals surface area contributed by atoms with E-state index in [1.807, 2.05) is 42.5 Å². The van der Waals surface area contributed by atoms with Crippen LogP contribution in [0.15, 0.2) is 60.7 Å². The molecule has 2 atom stereocenters. The van der Waals surface area contributed by atoms with Crippen molar-refractivity contribution in [2.24, 2.45) is 0 Å². The highest BCUT2D eigenvalue weighted by atomic mass is 16.6. The van der Waals surface area contributed by atoms with Gasteiger partial charge in [-0.1, -0.05) is 68.3 Å². The Balaban J connectivity index is 2.00. The molecule has 0 spiro atoms. The molecule has 0 aliphatic rings. The van der Waals surface area contributed by atoms with E-state index in [9.17, 15) is 19.5 Å². The second-order valence-electron chi connectivity index (χ2n) is 11.1. The van der Waals surface area contributed by atoms with Gasteiger partial charge in [0.15, 0.2) is 0 Å². The number of phenolic OH excluding ortho intramolecular Hbond substituents is 1. The molecule has 0 fully saturated rings. The Morgan fingerprint density at radius 1 is 0.975 bits per heavy atom. The Morgan fingerprint density at radius 2 is 1.68 bits per heavy atom. The zero-order valence-corrected chi connectivity index (χ0v) is 24.3. The number of unbranched alkanes of at least 4 members (excludes halogenated alkanes) is 2. The van der Waals surface area contributed by atoms with Crippen LogP contribution in [0.25, 0.3) is 10.8 Å². The molecule has 0 aromatic heterocycles. The Kier molecular flexibility index (Phi) is 10.2. The number of ether oxygens (including phenoxy) is 1. The average Bonchev–Trinajstić information content (AvgIpc) is 2.88. The number of aromatic hydroxyl groups is 1. The number of phenols is 1. The van der Waals surface area contributed by atoms with Gasteiger partial charge in [0.25, 0.3) is 5.91 Å². The number of anilines is 1. The van der Waals surface area contributed by atoms with Crippen LogP contribution in [0.4, 0.5) is 10.5 Å². The first kappa shape index (κ1) is 30.5. The van der Waals surface area contributed by atoms with Crippen molar-refractivity contribution in [1.29, 1.82) is 0 Å². The molecule has 2 unspecified atom stereocenters. The molecule has 0 radical (unpaired) electrons. The number of para-hydroxylation sites is 1. The van der Waals surface area contributed by atoms with E-state index in [1.54, 1.807) is 52.8 Å². The maximum atomic E-state index is 14.0. The van der Waals surface area contributed by atoms with E-state index in [0.717, 1.165) is 23.6 Å². The van der Waals surface area contributed by atoms with Crippen molar-refractivity contribution in [2.75, 3.05) is 11.9 Å². The van der Waals surface area contributed by atoms with Crippen molar-refractivity contribution in [2.45, 2.75) is 78.5 Å². The molecule has 0 aliphatic carbocycles. The standard InChI is InChI=1S/C32H41N3O5/c1-7-8-11-19-35(30(38)22(3)33-31(39)40-32(4,5)6)27(26-16-12-13-21(2)28(26)36)29(37)34-25-18-17-23-14-9-10-15-24(23)20-25/h9-10,12-18,20,22,27,36H,7-8,11,19H2,1-6H3,(H,33,39)(H,34,37). The first-order chi connectivity index (χ1) is 18.9. The van der Waals surface area contributed by atoms with Crippen molar-refractivity contribution in [1.82, 2.24) is 10.2 Å². The monoisotopic (exact) mass is 547 g/mol. The third-order valence-electron chi connectivity index (χ3n) is 6.53. The number of benzene rings is 3. The van der Waals surface area contributed by atoms with Crippen LogP contribution in [-0.2, 0) is 14.3 Å². The summed E-state index contributed by atoms with van der Waals surface area (Å²) in [5.74, 6) is -0.978. The molecule has 3 amide bonds. The van der Waals surface area contributed by atoms with Gasteiger partial charge in [0, 0.05) is 17.8 Å². The van der Waals surface area contributed by atoms with Crippen molar-refractivity contribution >= 4 is 34.4 Å². The summed E-state index contributed by atoms with van der Waals surface area (Å²) in [5.41, 5.74) is 0.736. The lowest BCUT2D eigenvalue weighted by Gasteiger charge is -2.34. The van der Waals surface area contributed by atoms with Crippen LogP contribution in [-0.4, -0.2) is 46.1 Å². The first-order valence-electron chi connectivity index (χ1n) is 13.8. The predicted molar refractivity (Wildman–Crippen MR) is 158 cm³/mol. The van der Waals surface area contributed by atoms with Gasteiger partial charge in [-0.15, -0.1) is 0 Å². The molecule has 40 heavy (non-hydrogen) atoms. The largest absolute Gasteiger partial charge is 0.507 e. The number of hydrogen-bond donors (Lipinski definition) is 3. The smallest absolute Gasteiger partial charge is 0.408 e. The fourth-order valence-corrected chi connectivity index (χ4v) is 4.52. The lowest BCUT2D eigenvalue weighted by Crippen LogP contribution is -2.51. The number of aryl methyl sites for hydroxylation is 1. The lowest BCUT2D eigenvalue weighted by molar-refractivity contribution is -0.140. The zero-order chi connectivity index (χ0) is 29.4. The zero-order valence-electron chi connectivity index (χ0n) is 24.3. The molecule has 0 aliphatic heterocycles. The number of nitrogens with one attached hydrogen (secondary N) is 2. The Bertz CT molecular complexity index is 1350. The maximum Gasteiger partial charge on any atom is 0.408 e. The summed E-state index contributed by atoms with van der Waals surface area (Å²) in [7, 11) is 0. The van der Waals surface area contributed by atoms with Crippen molar-refractivity contribution < 1.29 is 24.2 Å². The number of hydrogen-bond acceptors (Lipinski definition) is 5. The van der Waals surface area contributed by atoms with Gasteiger partial charge in [-0.3, -0.25) is 9.59 Å². The number of rotatable bonds is 10. The van der Waals surface area contributed by atoms with Crippen LogP contribution in [0, 0.1) is 6.92 Å². The highest BCUT2D eigenvalue weighted by molar-refractivity contribution is 6.00. The third-order valence-corrected chi connectivity index (χ3v) is 6.53. The van der Waals surface area contributed by atoms with Crippen molar-refractivity contribution in [3.63, 3.8) is 0 Å². The van der Waals surface area contributed by atoms with E-state index < -0.39 is 35.6 Å². The summed E-state index contributed by atoms with van der Waals surface area (Å²) in [5, 5.41) is 18.6. The quantitative estimate of drug-likeness (QED) is 0.252. The fraction of sp³-hybridized carbons (Fsp3) is 0.406. The van der Waals surface area contributed by atoms with Gasteiger partial charge in [-0.25, -0.2) is 4.79 Å².